The number of aliphatic imine (C=N–C) groups is 1. The number of phenolic OH excluding ortho intramolecular Hbond substituents is 1. The molecule has 1 aliphatic heterocycles. The Kier molecular flexibility index (Phi) is 4.40. The Morgan fingerprint density at radius 3 is 2.61 bits per heavy atom. The maximum absolute atomic E-state index is 12.4. The van der Waals surface area contributed by atoms with E-state index in [4.69, 9.17) is 11.6 Å². The van der Waals surface area contributed by atoms with Gasteiger partial charge in [-0.25, -0.2) is 26.6 Å². The molecule has 0 amide bonds. The van der Waals surface area contributed by atoms with Crippen molar-refractivity contribution in [1.82, 2.24) is 4.72 Å². The van der Waals surface area contributed by atoms with Crippen LogP contribution in [0.2, 0.25) is 5.02 Å². The van der Waals surface area contributed by atoms with Gasteiger partial charge in [-0.05, 0) is 37.1 Å². The fourth-order valence-corrected chi connectivity index (χ4v) is 5.48. The van der Waals surface area contributed by atoms with Crippen LogP contribution in [0.1, 0.15) is 12.8 Å². The van der Waals surface area contributed by atoms with Gasteiger partial charge in [-0.15, -0.1) is 0 Å². The number of rotatable bonds is 4. The fourth-order valence-electron chi connectivity index (χ4n) is 2.67. The van der Waals surface area contributed by atoms with Gasteiger partial charge in [-0.3, -0.25) is 4.72 Å². The standard InChI is InChI=1S/C16H15ClN4O5S2/c17-9-6-13(22)15-14(7-9)28(25,26)21-16(19-15)18-10-2-1-3-11(8-10)20-27(23,24)12-4-5-12/h1-3,6-8,12,20,22H,4-5H2,(H2,18,19,21). The Morgan fingerprint density at radius 1 is 1.18 bits per heavy atom. The molecule has 0 bridgehead atoms. The number of fused-ring (bicyclic) bond motifs is 1. The van der Waals surface area contributed by atoms with Crippen molar-refractivity contribution in [2.45, 2.75) is 23.0 Å². The van der Waals surface area contributed by atoms with Gasteiger partial charge in [-0.1, -0.05) is 17.7 Å². The SMILES string of the molecule is O=S1(=O)NC(Nc2cccc(NS(=O)(=O)C3CC3)c2)=Nc2c(O)cc(Cl)cc21. The number of nitrogens with zero attached hydrogens (tertiary/aromatic N) is 1. The molecule has 2 aliphatic rings. The molecule has 0 spiro atoms. The van der Waals surface area contributed by atoms with Crippen molar-refractivity contribution < 1.29 is 21.9 Å². The summed E-state index contributed by atoms with van der Waals surface area (Å²) >= 11 is 5.80. The third-order valence-electron chi connectivity index (χ3n) is 4.11. The Morgan fingerprint density at radius 2 is 1.89 bits per heavy atom. The molecule has 1 heterocycles. The second kappa shape index (κ2) is 6.54. The highest BCUT2D eigenvalue weighted by molar-refractivity contribution is 7.93. The summed E-state index contributed by atoms with van der Waals surface area (Å²) in [4.78, 5) is 3.85. The normalized spacial score (nSPS) is 17.8. The molecule has 1 fully saturated rings. The number of phenols is 1. The van der Waals surface area contributed by atoms with E-state index in [0.717, 1.165) is 0 Å². The number of benzene rings is 2. The first-order valence-electron chi connectivity index (χ1n) is 8.17. The van der Waals surface area contributed by atoms with Crippen LogP contribution in [-0.2, 0) is 20.0 Å². The molecular weight excluding hydrogens is 428 g/mol. The molecule has 9 nitrogen and oxygen atoms in total. The van der Waals surface area contributed by atoms with Crippen molar-refractivity contribution in [3.8, 4) is 5.75 Å². The number of anilines is 2. The van der Waals surface area contributed by atoms with Crippen LogP contribution in [0.25, 0.3) is 0 Å². The monoisotopic (exact) mass is 442 g/mol. The molecule has 4 N–H and O–H groups in total. The first-order chi connectivity index (χ1) is 13.1. The second-order valence-electron chi connectivity index (χ2n) is 6.39. The van der Waals surface area contributed by atoms with E-state index in [-0.39, 0.29) is 32.6 Å². The summed E-state index contributed by atoms with van der Waals surface area (Å²) in [5.41, 5.74) is 0.594. The predicted octanol–water partition coefficient (Wildman–Crippen LogP) is 2.34. The number of hydrogen-bond acceptors (Lipinski definition) is 7. The average molecular weight is 443 g/mol. The largest absolute Gasteiger partial charge is 0.506 e. The zero-order valence-electron chi connectivity index (χ0n) is 14.2. The van der Waals surface area contributed by atoms with E-state index >= 15 is 0 Å². The van der Waals surface area contributed by atoms with Crippen LogP contribution in [0.4, 0.5) is 17.1 Å². The number of halogens is 1. The van der Waals surface area contributed by atoms with E-state index in [0.29, 0.717) is 24.2 Å². The molecule has 0 aromatic heterocycles. The second-order valence-corrected chi connectivity index (χ2v) is 10.4. The molecule has 4 rings (SSSR count). The number of guanidine groups is 1. The molecule has 1 aliphatic carbocycles. The quantitative estimate of drug-likeness (QED) is 0.573. The number of sulfonamides is 2. The first kappa shape index (κ1) is 18.8. The molecule has 0 atom stereocenters. The van der Waals surface area contributed by atoms with Gasteiger partial charge in [0, 0.05) is 16.8 Å². The average Bonchev–Trinajstić information content (AvgIpc) is 3.41. The van der Waals surface area contributed by atoms with E-state index in [1.54, 1.807) is 18.2 Å². The van der Waals surface area contributed by atoms with Crippen LogP contribution >= 0.6 is 11.6 Å². The topological polar surface area (TPSA) is 137 Å². The maximum Gasteiger partial charge on any atom is 0.266 e. The van der Waals surface area contributed by atoms with E-state index in [9.17, 15) is 21.9 Å². The molecule has 148 valence electrons. The molecule has 28 heavy (non-hydrogen) atoms. The lowest BCUT2D eigenvalue weighted by Gasteiger charge is -2.20. The number of nitrogens with one attached hydrogen (secondary N) is 3. The third kappa shape index (κ3) is 3.73. The van der Waals surface area contributed by atoms with Gasteiger partial charge in [0.05, 0.1) is 10.9 Å². The molecular formula is C16H15ClN4O5S2. The fraction of sp³-hybridized carbons (Fsp3) is 0.188. The van der Waals surface area contributed by atoms with Crippen LogP contribution in [0.15, 0.2) is 46.3 Å². The van der Waals surface area contributed by atoms with Crippen LogP contribution < -0.4 is 14.8 Å². The summed E-state index contributed by atoms with van der Waals surface area (Å²) in [7, 11) is -7.42. The highest BCUT2D eigenvalue weighted by Gasteiger charge is 2.35. The molecule has 0 saturated heterocycles. The van der Waals surface area contributed by atoms with E-state index in [2.05, 4.69) is 19.8 Å². The molecule has 0 radical (unpaired) electrons. The highest BCUT2D eigenvalue weighted by Crippen LogP contribution is 2.38. The Labute approximate surface area is 166 Å². The molecule has 12 heteroatoms. The van der Waals surface area contributed by atoms with Crippen molar-refractivity contribution in [3.05, 3.63) is 41.4 Å². The zero-order chi connectivity index (χ0) is 20.1. The van der Waals surface area contributed by atoms with Gasteiger partial charge in [0.1, 0.15) is 16.3 Å². The van der Waals surface area contributed by atoms with Crippen molar-refractivity contribution in [2.24, 2.45) is 4.99 Å². The lowest BCUT2D eigenvalue weighted by molar-refractivity contribution is 0.474. The zero-order valence-corrected chi connectivity index (χ0v) is 16.6. The van der Waals surface area contributed by atoms with Gasteiger partial charge in [-0.2, -0.15) is 0 Å². The van der Waals surface area contributed by atoms with Crippen LogP contribution in [0.5, 0.6) is 5.75 Å². The Hall–Kier alpha value is -2.50. The van der Waals surface area contributed by atoms with E-state index < -0.39 is 20.0 Å². The van der Waals surface area contributed by atoms with Crippen LogP contribution in [-0.4, -0.2) is 33.2 Å². The lowest BCUT2D eigenvalue weighted by Crippen LogP contribution is -2.38. The van der Waals surface area contributed by atoms with Gasteiger partial charge in [0.25, 0.3) is 10.0 Å². The number of aromatic hydroxyl groups is 1. The van der Waals surface area contributed by atoms with Crippen molar-refractivity contribution in [3.63, 3.8) is 0 Å². The molecule has 2 aromatic carbocycles. The minimum atomic E-state index is -4.00. The van der Waals surface area contributed by atoms with Gasteiger partial charge in [0.15, 0.2) is 0 Å². The van der Waals surface area contributed by atoms with Gasteiger partial charge in [0.2, 0.25) is 16.0 Å². The van der Waals surface area contributed by atoms with Crippen molar-refractivity contribution >= 4 is 54.7 Å². The molecule has 1 saturated carbocycles. The summed E-state index contributed by atoms with van der Waals surface area (Å²) in [5.74, 6) is -0.523. The van der Waals surface area contributed by atoms with Crippen molar-refractivity contribution in [1.29, 1.82) is 0 Å². The van der Waals surface area contributed by atoms with E-state index in [1.165, 1.54) is 18.2 Å². The first-order valence-corrected chi connectivity index (χ1v) is 11.6. The highest BCUT2D eigenvalue weighted by atomic mass is 35.5. The number of hydrogen-bond donors (Lipinski definition) is 4. The van der Waals surface area contributed by atoms with Gasteiger partial charge >= 0.3 is 0 Å². The molecule has 2 aromatic rings. The smallest absolute Gasteiger partial charge is 0.266 e. The van der Waals surface area contributed by atoms with Crippen LogP contribution in [0.3, 0.4) is 0 Å². The Bertz CT molecular complexity index is 1210. The van der Waals surface area contributed by atoms with Crippen molar-refractivity contribution in [2.75, 3.05) is 10.0 Å². The lowest BCUT2D eigenvalue weighted by atomic mass is 10.3. The summed E-state index contributed by atoms with van der Waals surface area (Å²) in [5, 5.41) is 12.5. The Balaban J connectivity index is 1.63. The molecule has 0 unspecified atom stereocenters. The predicted molar refractivity (Wildman–Crippen MR) is 106 cm³/mol. The summed E-state index contributed by atoms with van der Waals surface area (Å²) in [6.45, 7) is 0. The summed E-state index contributed by atoms with van der Waals surface area (Å²) < 4.78 is 53.7. The third-order valence-corrected chi connectivity index (χ3v) is 7.55. The summed E-state index contributed by atoms with van der Waals surface area (Å²) in [6.07, 6.45) is 1.28. The van der Waals surface area contributed by atoms with E-state index in [1.807, 2.05) is 0 Å². The summed E-state index contributed by atoms with van der Waals surface area (Å²) in [6, 6.07) is 8.69. The minimum absolute atomic E-state index is 0.0591. The minimum Gasteiger partial charge on any atom is -0.506 e. The van der Waals surface area contributed by atoms with Gasteiger partial charge < -0.3 is 10.4 Å². The maximum atomic E-state index is 12.4. The van der Waals surface area contributed by atoms with Crippen LogP contribution in [0, 0.1) is 0 Å².